The number of hydrogen-bond donors (Lipinski definition) is 1. The lowest BCUT2D eigenvalue weighted by molar-refractivity contribution is 0.0575. The first kappa shape index (κ1) is 33.0. The maximum atomic E-state index is 13.5. The zero-order valence-electron chi connectivity index (χ0n) is 26.8. The fraction of sp³-hybridized carbons (Fsp3) is 0.516. The van der Waals surface area contributed by atoms with E-state index in [1.165, 1.54) is 12.4 Å². The van der Waals surface area contributed by atoms with Gasteiger partial charge in [0, 0.05) is 36.5 Å². The van der Waals surface area contributed by atoms with Crippen molar-refractivity contribution < 1.29 is 22.7 Å². The highest BCUT2D eigenvalue weighted by Gasteiger charge is 2.47. The van der Waals surface area contributed by atoms with Gasteiger partial charge in [-0.1, -0.05) is 27.7 Å². The normalized spacial score (nSPS) is 17.0. The Kier molecular flexibility index (Phi) is 8.92. The fourth-order valence-corrected chi connectivity index (χ4v) is 5.77. The van der Waals surface area contributed by atoms with Gasteiger partial charge in [-0.15, -0.1) is 0 Å². The number of carbonyl (C=O) groups excluding carboxylic acids is 1. The standard InChI is InChI=1S/C31H41F2N7O3Si/c1-29(2,3)43-28(41)40-18-31(7,19-42-44(8,9)30(4,5)6)23-13-20(12-21(14-34)26(23)40)24-10-11-35-27(38-24)37-22-15-36-39(16-22)17-25(32)33/h10-13,15-16,25H,17-19H2,1-9H3,(H,35,37,38). The third-order valence-electron chi connectivity index (χ3n) is 8.00. The van der Waals surface area contributed by atoms with Crippen molar-refractivity contribution in [2.45, 2.75) is 90.6 Å². The Morgan fingerprint density at radius 2 is 1.93 bits per heavy atom. The Morgan fingerprint density at radius 3 is 2.55 bits per heavy atom. The van der Waals surface area contributed by atoms with Crippen LogP contribution in [0.3, 0.4) is 0 Å². The topological polar surface area (TPSA) is 118 Å². The molecule has 13 heteroatoms. The molecule has 1 N–H and O–H groups in total. The molecule has 1 aromatic carbocycles. The van der Waals surface area contributed by atoms with Crippen LogP contribution in [-0.2, 0) is 21.1 Å². The first-order valence-electron chi connectivity index (χ1n) is 14.5. The van der Waals surface area contributed by atoms with Gasteiger partial charge in [-0.05, 0) is 62.7 Å². The van der Waals surface area contributed by atoms with Crippen LogP contribution in [0.5, 0.6) is 0 Å². The van der Waals surface area contributed by atoms with Gasteiger partial charge >= 0.3 is 6.09 Å². The minimum atomic E-state index is -2.53. The Hall–Kier alpha value is -3.89. The highest BCUT2D eigenvalue weighted by atomic mass is 28.4. The second kappa shape index (κ2) is 11.9. The zero-order chi connectivity index (χ0) is 32.7. The van der Waals surface area contributed by atoms with Crippen LogP contribution in [0.25, 0.3) is 11.3 Å². The van der Waals surface area contributed by atoms with Gasteiger partial charge in [-0.25, -0.2) is 23.5 Å². The maximum Gasteiger partial charge on any atom is 0.414 e. The molecule has 1 unspecified atom stereocenters. The van der Waals surface area contributed by atoms with E-state index in [9.17, 15) is 18.8 Å². The summed E-state index contributed by atoms with van der Waals surface area (Å²) in [6.07, 6.45) is 1.38. The molecular weight excluding hydrogens is 584 g/mol. The van der Waals surface area contributed by atoms with Crippen LogP contribution >= 0.6 is 0 Å². The van der Waals surface area contributed by atoms with E-state index in [1.54, 1.807) is 44.0 Å². The summed E-state index contributed by atoms with van der Waals surface area (Å²) < 4.78 is 39.1. The number of aromatic nitrogens is 4. The van der Waals surface area contributed by atoms with E-state index < -0.39 is 38.4 Å². The van der Waals surface area contributed by atoms with Gasteiger partial charge in [0.25, 0.3) is 6.43 Å². The molecule has 1 amide bonds. The van der Waals surface area contributed by atoms with Crippen molar-refractivity contribution >= 4 is 31.7 Å². The summed E-state index contributed by atoms with van der Waals surface area (Å²) in [4.78, 5) is 23.9. The van der Waals surface area contributed by atoms with Crippen LogP contribution in [0, 0.1) is 11.3 Å². The molecule has 0 bridgehead atoms. The molecular formula is C31H41F2N7O3Si. The molecule has 0 fully saturated rings. The van der Waals surface area contributed by atoms with Crippen molar-refractivity contribution in [2.75, 3.05) is 23.4 Å². The molecule has 0 radical (unpaired) electrons. The van der Waals surface area contributed by atoms with Crippen molar-refractivity contribution in [1.29, 1.82) is 5.26 Å². The van der Waals surface area contributed by atoms with Crippen LogP contribution in [0.4, 0.5) is 30.9 Å². The largest absolute Gasteiger partial charge is 0.443 e. The molecule has 2 aromatic heterocycles. The van der Waals surface area contributed by atoms with Crippen molar-refractivity contribution in [1.82, 2.24) is 19.7 Å². The molecule has 44 heavy (non-hydrogen) atoms. The molecule has 1 atom stereocenters. The molecule has 236 valence electrons. The van der Waals surface area contributed by atoms with E-state index in [2.05, 4.69) is 60.3 Å². The number of halogens is 2. The Labute approximate surface area is 258 Å². The second-order valence-electron chi connectivity index (χ2n) is 13.9. The average molecular weight is 626 g/mol. The maximum absolute atomic E-state index is 13.5. The van der Waals surface area contributed by atoms with Gasteiger partial charge in [0.15, 0.2) is 8.32 Å². The minimum absolute atomic E-state index is 0.0182. The Morgan fingerprint density at radius 1 is 1.23 bits per heavy atom. The smallest absolute Gasteiger partial charge is 0.414 e. The van der Waals surface area contributed by atoms with Crippen LogP contribution in [0.1, 0.15) is 59.6 Å². The SMILES string of the molecule is CC(C)(C)OC(=O)N1CC(C)(CO[Si](C)(C)C(C)(C)C)c2cc(-c3ccnc(Nc4cnn(CC(F)F)c4)n3)cc(C#N)c21. The Balaban J connectivity index is 1.75. The van der Waals surface area contributed by atoms with E-state index >= 15 is 0 Å². The van der Waals surface area contributed by atoms with Gasteiger partial charge in [0.1, 0.15) is 18.2 Å². The number of nitrogens with zero attached hydrogens (tertiary/aromatic N) is 6. The summed E-state index contributed by atoms with van der Waals surface area (Å²) in [6, 6.07) is 7.64. The second-order valence-corrected chi connectivity index (χ2v) is 18.7. The first-order valence-corrected chi connectivity index (χ1v) is 17.4. The molecule has 0 spiro atoms. The predicted molar refractivity (Wildman–Crippen MR) is 168 cm³/mol. The number of amides is 1. The summed E-state index contributed by atoms with van der Waals surface area (Å²) in [5.74, 6) is 0.234. The van der Waals surface area contributed by atoms with Crippen molar-refractivity contribution in [2.24, 2.45) is 0 Å². The van der Waals surface area contributed by atoms with Gasteiger partial charge in [-0.2, -0.15) is 10.4 Å². The summed E-state index contributed by atoms with van der Waals surface area (Å²) in [7, 11) is -2.16. The summed E-state index contributed by atoms with van der Waals surface area (Å²) >= 11 is 0. The van der Waals surface area contributed by atoms with E-state index in [1.807, 2.05) is 13.0 Å². The number of anilines is 3. The number of nitriles is 1. The van der Waals surface area contributed by atoms with Crippen LogP contribution in [0.15, 0.2) is 36.8 Å². The fourth-order valence-electron chi connectivity index (χ4n) is 4.66. The monoisotopic (exact) mass is 625 g/mol. The summed E-state index contributed by atoms with van der Waals surface area (Å²) in [5, 5.41) is 17.2. The Bertz CT molecular complexity index is 1570. The number of benzene rings is 1. The van der Waals surface area contributed by atoms with E-state index in [0.717, 1.165) is 10.2 Å². The van der Waals surface area contributed by atoms with E-state index in [-0.39, 0.29) is 17.5 Å². The van der Waals surface area contributed by atoms with Gasteiger partial charge in [0.2, 0.25) is 5.95 Å². The lowest BCUT2D eigenvalue weighted by atomic mass is 9.83. The summed E-state index contributed by atoms with van der Waals surface area (Å²) in [5.41, 5.74) is 1.88. The molecule has 4 rings (SSSR count). The summed E-state index contributed by atoms with van der Waals surface area (Å²) in [6.45, 7) is 18.5. The number of ether oxygens (including phenoxy) is 1. The van der Waals surface area contributed by atoms with Crippen LogP contribution in [-0.4, -0.2) is 59.3 Å². The quantitative estimate of drug-likeness (QED) is 0.260. The van der Waals surface area contributed by atoms with Crippen molar-refractivity contribution in [3.63, 3.8) is 0 Å². The van der Waals surface area contributed by atoms with Crippen molar-refractivity contribution in [3.05, 3.63) is 47.9 Å². The zero-order valence-corrected chi connectivity index (χ0v) is 27.8. The number of fused-ring (bicyclic) bond motifs is 1. The van der Waals surface area contributed by atoms with Crippen LogP contribution < -0.4 is 10.2 Å². The lowest BCUT2D eigenvalue weighted by Crippen LogP contribution is -2.46. The van der Waals surface area contributed by atoms with E-state index in [4.69, 9.17) is 9.16 Å². The number of hydrogen-bond acceptors (Lipinski definition) is 8. The number of nitrogens with one attached hydrogen (secondary N) is 1. The number of carbonyl (C=O) groups is 1. The molecule has 1 aliphatic rings. The molecule has 0 aliphatic carbocycles. The third-order valence-corrected chi connectivity index (χ3v) is 12.5. The minimum Gasteiger partial charge on any atom is -0.443 e. The number of alkyl halides is 2. The third kappa shape index (κ3) is 7.24. The number of rotatable bonds is 8. The molecule has 1 aliphatic heterocycles. The van der Waals surface area contributed by atoms with E-state index in [0.29, 0.717) is 34.8 Å². The molecule has 3 aromatic rings. The van der Waals surface area contributed by atoms with Crippen LogP contribution in [0.2, 0.25) is 18.1 Å². The molecule has 0 saturated carbocycles. The molecule has 0 saturated heterocycles. The predicted octanol–water partition coefficient (Wildman–Crippen LogP) is 7.26. The lowest BCUT2D eigenvalue weighted by Gasteiger charge is -2.39. The van der Waals surface area contributed by atoms with Gasteiger partial charge in [0.05, 0.1) is 28.8 Å². The van der Waals surface area contributed by atoms with Gasteiger partial charge in [-0.3, -0.25) is 9.58 Å². The molecule has 10 nitrogen and oxygen atoms in total. The van der Waals surface area contributed by atoms with Gasteiger partial charge < -0.3 is 14.5 Å². The highest BCUT2D eigenvalue weighted by molar-refractivity contribution is 6.74. The molecule has 3 heterocycles. The van der Waals surface area contributed by atoms with Crippen molar-refractivity contribution in [3.8, 4) is 17.3 Å². The highest BCUT2D eigenvalue weighted by Crippen LogP contribution is 2.47. The first-order chi connectivity index (χ1) is 20.3. The average Bonchev–Trinajstić information content (AvgIpc) is 3.47.